The number of aromatic nitrogens is 1. The van der Waals surface area contributed by atoms with Gasteiger partial charge >= 0.3 is 0 Å². The van der Waals surface area contributed by atoms with Crippen molar-refractivity contribution in [3.05, 3.63) is 29.3 Å². The van der Waals surface area contributed by atoms with Gasteiger partial charge in [0.25, 0.3) is 0 Å². The van der Waals surface area contributed by atoms with Crippen molar-refractivity contribution in [3.63, 3.8) is 0 Å². The zero-order chi connectivity index (χ0) is 15.3. The summed E-state index contributed by atoms with van der Waals surface area (Å²) in [5.41, 5.74) is 4.28. The molecule has 0 bridgehead atoms. The van der Waals surface area contributed by atoms with Crippen LogP contribution in [0.15, 0.2) is 23.2 Å². The Kier molecular flexibility index (Phi) is 3.43. The summed E-state index contributed by atoms with van der Waals surface area (Å²) in [5.74, 6) is 1.07. The minimum absolute atomic E-state index is 0.506. The van der Waals surface area contributed by atoms with Gasteiger partial charge in [-0.3, -0.25) is 0 Å². The smallest absolute Gasteiger partial charge is 0.0763 e. The quantitative estimate of drug-likeness (QED) is 0.859. The summed E-state index contributed by atoms with van der Waals surface area (Å²) in [6.07, 6.45) is 5.12. The molecule has 0 amide bonds. The third-order valence-corrected chi connectivity index (χ3v) is 6.24. The molecule has 2 unspecified atom stereocenters. The van der Waals surface area contributed by atoms with E-state index in [1.165, 1.54) is 27.1 Å². The highest BCUT2D eigenvalue weighted by atomic mass is 32.2. The van der Waals surface area contributed by atoms with Gasteiger partial charge in [0.15, 0.2) is 0 Å². The highest BCUT2D eigenvalue weighted by molar-refractivity contribution is 7.98. The van der Waals surface area contributed by atoms with Gasteiger partial charge in [-0.1, -0.05) is 12.1 Å². The second-order valence-electron chi connectivity index (χ2n) is 6.69. The zero-order valence-corrected chi connectivity index (χ0v) is 13.9. The monoisotopic (exact) mass is 311 g/mol. The fourth-order valence-electron chi connectivity index (χ4n) is 4.56. The van der Waals surface area contributed by atoms with E-state index >= 15 is 0 Å². The SMILES string of the molecule is CSc1[nH]c2cccc3c2c1C[C@@H]1C3CC(CC#N)CN1C. The van der Waals surface area contributed by atoms with Gasteiger partial charge in [0.1, 0.15) is 0 Å². The number of rotatable bonds is 2. The zero-order valence-electron chi connectivity index (χ0n) is 13.1. The van der Waals surface area contributed by atoms with Gasteiger partial charge in [-0.15, -0.1) is 11.8 Å². The molecule has 1 fully saturated rings. The van der Waals surface area contributed by atoms with Crippen molar-refractivity contribution in [2.45, 2.75) is 36.2 Å². The molecule has 2 heterocycles. The molecule has 4 heteroatoms. The molecule has 3 nitrogen and oxygen atoms in total. The van der Waals surface area contributed by atoms with Crippen LogP contribution in [-0.4, -0.2) is 35.8 Å². The van der Waals surface area contributed by atoms with Gasteiger partial charge in [0.05, 0.1) is 11.1 Å². The molecule has 0 spiro atoms. The van der Waals surface area contributed by atoms with Crippen molar-refractivity contribution in [2.75, 3.05) is 19.8 Å². The predicted molar refractivity (Wildman–Crippen MR) is 91.3 cm³/mol. The molecular formula is C18H21N3S. The predicted octanol–water partition coefficient (Wildman–Crippen LogP) is 3.76. The third kappa shape index (κ3) is 2.00. The van der Waals surface area contributed by atoms with E-state index in [1.54, 1.807) is 0 Å². The molecular weight excluding hydrogens is 290 g/mol. The van der Waals surface area contributed by atoms with E-state index in [0.29, 0.717) is 24.3 Å². The summed E-state index contributed by atoms with van der Waals surface area (Å²) in [5, 5.41) is 11.9. The number of benzene rings is 1. The van der Waals surface area contributed by atoms with Gasteiger partial charge in [-0.2, -0.15) is 5.26 Å². The number of likely N-dealkylation sites (N-methyl/N-ethyl adjacent to an activating group) is 1. The molecule has 1 aromatic heterocycles. The minimum Gasteiger partial charge on any atom is -0.349 e. The Bertz CT molecular complexity index is 758. The molecule has 1 aliphatic heterocycles. The molecule has 1 aromatic carbocycles. The number of likely N-dealkylation sites (tertiary alicyclic amines) is 1. The summed E-state index contributed by atoms with van der Waals surface area (Å²) >= 11 is 1.82. The standard InChI is InChI=1S/C18H21N3S/c1-21-10-11(6-7-19)8-13-12-4-3-5-15-17(12)14(9-16(13)21)18(20-15)22-2/h3-5,11,13,16,20H,6,8-10H2,1-2H3/t11?,13?,16-/m1/s1. The van der Waals surface area contributed by atoms with E-state index < -0.39 is 0 Å². The van der Waals surface area contributed by atoms with Crippen molar-refractivity contribution >= 4 is 22.7 Å². The van der Waals surface area contributed by atoms with E-state index in [9.17, 15) is 0 Å². The molecule has 4 rings (SSSR count). The lowest BCUT2D eigenvalue weighted by molar-refractivity contribution is 0.113. The Hall–Kier alpha value is -1.44. The number of thioether (sulfide) groups is 1. The van der Waals surface area contributed by atoms with Crippen molar-refractivity contribution < 1.29 is 0 Å². The fourth-order valence-corrected chi connectivity index (χ4v) is 5.20. The molecule has 1 saturated heterocycles. The number of piperidine rings is 1. The Balaban J connectivity index is 1.84. The summed E-state index contributed by atoms with van der Waals surface area (Å²) in [6.45, 7) is 1.05. The molecule has 2 aliphatic rings. The summed E-state index contributed by atoms with van der Waals surface area (Å²) < 4.78 is 0. The number of H-pyrrole nitrogens is 1. The van der Waals surface area contributed by atoms with E-state index in [2.05, 4.69) is 47.5 Å². The van der Waals surface area contributed by atoms with Crippen LogP contribution in [0.4, 0.5) is 0 Å². The Morgan fingerprint density at radius 3 is 3.09 bits per heavy atom. The van der Waals surface area contributed by atoms with E-state index in [-0.39, 0.29) is 0 Å². The maximum absolute atomic E-state index is 9.07. The van der Waals surface area contributed by atoms with Gasteiger partial charge < -0.3 is 9.88 Å². The van der Waals surface area contributed by atoms with Crippen LogP contribution >= 0.6 is 11.8 Å². The van der Waals surface area contributed by atoms with Crippen molar-refractivity contribution in [3.8, 4) is 6.07 Å². The lowest BCUT2D eigenvalue weighted by Crippen LogP contribution is -2.47. The second-order valence-corrected chi connectivity index (χ2v) is 7.50. The van der Waals surface area contributed by atoms with E-state index in [0.717, 1.165) is 19.4 Å². The van der Waals surface area contributed by atoms with Gasteiger partial charge in [-0.05, 0) is 49.3 Å². The summed E-state index contributed by atoms with van der Waals surface area (Å²) in [7, 11) is 2.23. The number of hydrogen-bond donors (Lipinski definition) is 1. The van der Waals surface area contributed by atoms with Gasteiger partial charge in [0, 0.05) is 35.8 Å². The van der Waals surface area contributed by atoms with E-state index in [1.807, 2.05) is 11.8 Å². The lowest BCUT2D eigenvalue weighted by atomic mass is 9.72. The molecule has 0 radical (unpaired) electrons. The normalized spacial score (nSPS) is 27.6. The van der Waals surface area contributed by atoms with E-state index in [4.69, 9.17) is 5.26 Å². The first kappa shape index (κ1) is 14.2. The van der Waals surface area contributed by atoms with Crippen LogP contribution in [0.25, 0.3) is 10.9 Å². The van der Waals surface area contributed by atoms with Crippen LogP contribution in [0.1, 0.15) is 29.9 Å². The Labute approximate surface area is 135 Å². The minimum atomic E-state index is 0.506. The number of hydrogen-bond acceptors (Lipinski definition) is 3. The van der Waals surface area contributed by atoms with Crippen molar-refractivity contribution in [1.82, 2.24) is 9.88 Å². The molecule has 1 N–H and O–H groups in total. The van der Waals surface area contributed by atoms with Crippen LogP contribution in [0, 0.1) is 17.2 Å². The first-order valence-corrected chi connectivity index (χ1v) is 9.20. The Morgan fingerprint density at radius 1 is 1.45 bits per heavy atom. The highest BCUT2D eigenvalue weighted by Crippen LogP contribution is 2.46. The number of aromatic amines is 1. The van der Waals surface area contributed by atoms with Gasteiger partial charge in [-0.25, -0.2) is 0 Å². The molecule has 1 aliphatic carbocycles. The van der Waals surface area contributed by atoms with Gasteiger partial charge in [0.2, 0.25) is 0 Å². The number of nitrogens with one attached hydrogen (secondary N) is 1. The first-order valence-electron chi connectivity index (χ1n) is 7.97. The van der Waals surface area contributed by atoms with Crippen molar-refractivity contribution in [1.29, 1.82) is 5.26 Å². The average molecular weight is 311 g/mol. The molecule has 114 valence electrons. The first-order chi connectivity index (χ1) is 10.7. The molecule has 3 atom stereocenters. The maximum Gasteiger partial charge on any atom is 0.0763 e. The van der Waals surface area contributed by atoms with Crippen LogP contribution in [0.5, 0.6) is 0 Å². The fraction of sp³-hybridized carbons (Fsp3) is 0.500. The molecule has 0 saturated carbocycles. The maximum atomic E-state index is 9.07. The lowest BCUT2D eigenvalue weighted by Gasteiger charge is -2.45. The van der Waals surface area contributed by atoms with Crippen LogP contribution in [-0.2, 0) is 6.42 Å². The second kappa shape index (κ2) is 5.33. The number of nitriles is 1. The molecule has 22 heavy (non-hydrogen) atoms. The van der Waals surface area contributed by atoms with Crippen LogP contribution in [0.2, 0.25) is 0 Å². The number of nitrogens with zero attached hydrogens (tertiary/aromatic N) is 2. The van der Waals surface area contributed by atoms with Crippen LogP contribution in [0.3, 0.4) is 0 Å². The molecule has 2 aromatic rings. The number of fused-ring (bicyclic) bond motifs is 2. The largest absolute Gasteiger partial charge is 0.349 e. The topological polar surface area (TPSA) is 42.8 Å². The summed E-state index contributed by atoms with van der Waals surface area (Å²) in [6, 6.07) is 9.64. The average Bonchev–Trinajstić information content (AvgIpc) is 2.88. The van der Waals surface area contributed by atoms with Crippen LogP contribution < -0.4 is 0 Å². The Morgan fingerprint density at radius 2 is 2.32 bits per heavy atom. The van der Waals surface area contributed by atoms with Crippen molar-refractivity contribution in [2.24, 2.45) is 5.92 Å². The highest BCUT2D eigenvalue weighted by Gasteiger charge is 2.40. The third-order valence-electron chi connectivity index (χ3n) is 5.48. The summed E-state index contributed by atoms with van der Waals surface area (Å²) in [4.78, 5) is 6.09.